The Balaban J connectivity index is 1.77. The van der Waals surface area contributed by atoms with Gasteiger partial charge in [-0.15, -0.1) is 16.8 Å². The molecule has 2 aromatic carbocycles. The Morgan fingerprint density at radius 3 is 2.67 bits per heavy atom. The van der Waals surface area contributed by atoms with Crippen LogP contribution >= 0.6 is 35.0 Å². The first kappa shape index (κ1) is 22.2. The Kier molecular flexibility index (Phi) is 7.79. The van der Waals surface area contributed by atoms with Crippen molar-refractivity contribution in [3.63, 3.8) is 0 Å². The summed E-state index contributed by atoms with van der Waals surface area (Å²) in [6.07, 6.45) is 1.76. The molecule has 0 aliphatic heterocycles. The van der Waals surface area contributed by atoms with Crippen molar-refractivity contribution in [2.24, 2.45) is 0 Å². The summed E-state index contributed by atoms with van der Waals surface area (Å²) >= 11 is 13.2. The van der Waals surface area contributed by atoms with Crippen LogP contribution in [0.5, 0.6) is 5.75 Å². The number of nitrogens with one attached hydrogen (secondary N) is 1. The molecule has 9 heteroatoms. The lowest BCUT2D eigenvalue weighted by atomic mass is 10.2. The van der Waals surface area contributed by atoms with E-state index in [0.29, 0.717) is 39.9 Å². The molecule has 1 amide bonds. The largest absolute Gasteiger partial charge is 0.493 e. The second-order valence-electron chi connectivity index (χ2n) is 6.13. The van der Waals surface area contributed by atoms with E-state index in [2.05, 4.69) is 22.1 Å². The first-order valence-electron chi connectivity index (χ1n) is 9.16. The predicted octanol–water partition coefficient (Wildman–Crippen LogP) is 5.57. The molecule has 6 nitrogen and oxygen atoms in total. The van der Waals surface area contributed by atoms with Crippen molar-refractivity contribution >= 4 is 46.6 Å². The van der Waals surface area contributed by atoms with Crippen LogP contribution in [0.2, 0.25) is 10.0 Å². The molecule has 3 rings (SSSR count). The fourth-order valence-corrected chi connectivity index (χ4v) is 4.05. The number of thioether (sulfide) groups is 1. The van der Waals surface area contributed by atoms with Crippen molar-refractivity contribution in [3.8, 4) is 17.1 Å². The topological polar surface area (TPSA) is 69.0 Å². The number of carbonyl (C=O) groups excluding carboxylic acids is 1. The quantitative estimate of drug-likeness (QED) is 0.332. The van der Waals surface area contributed by atoms with E-state index in [1.807, 2.05) is 35.8 Å². The lowest BCUT2D eigenvalue weighted by molar-refractivity contribution is -0.113. The van der Waals surface area contributed by atoms with Crippen LogP contribution in [-0.4, -0.2) is 33.0 Å². The van der Waals surface area contributed by atoms with Gasteiger partial charge in [0, 0.05) is 22.3 Å². The Morgan fingerprint density at radius 2 is 1.97 bits per heavy atom. The van der Waals surface area contributed by atoms with Crippen molar-refractivity contribution in [2.75, 3.05) is 17.7 Å². The highest BCUT2D eigenvalue weighted by Crippen LogP contribution is 2.31. The van der Waals surface area contributed by atoms with Gasteiger partial charge in [-0.3, -0.25) is 9.36 Å². The molecule has 1 aromatic heterocycles. The maximum Gasteiger partial charge on any atom is 0.234 e. The van der Waals surface area contributed by atoms with Gasteiger partial charge < -0.3 is 10.1 Å². The summed E-state index contributed by atoms with van der Waals surface area (Å²) in [5.74, 6) is 1.32. The summed E-state index contributed by atoms with van der Waals surface area (Å²) in [5.41, 5.74) is 1.37. The van der Waals surface area contributed by atoms with Gasteiger partial charge in [-0.05, 0) is 37.3 Å². The molecule has 1 heterocycles. The van der Waals surface area contributed by atoms with Crippen LogP contribution in [0.1, 0.15) is 6.92 Å². The SMILES string of the molecule is C=CCn1c(SCC(=O)Nc2cc(Cl)cc(Cl)c2)nnc1-c1ccccc1OCC. The van der Waals surface area contributed by atoms with E-state index in [0.717, 1.165) is 11.3 Å². The number of rotatable bonds is 9. The second kappa shape index (κ2) is 10.5. The van der Waals surface area contributed by atoms with Crippen molar-refractivity contribution in [2.45, 2.75) is 18.6 Å². The summed E-state index contributed by atoms with van der Waals surface area (Å²) < 4.78 is 7.62. The first-order chi connectivity index (χ1) is 14.5. The number of halogens is 2. The summed E-state index contributed by atoms with van der Waals surface area (Å²) in [6, 6.07) is 12.5. The van der Waals surface area contributed by atoms with E-state index >= 15 is 0 Å². The van der Waals surface area contributed by atoms with Gasteiger partial charge in [0.25, 0.3) is 0 Å². The number of para-hydroxylation sites is 1. The zero-order valence-corrected chi connectivity index (χ0v) is 18.6. The summed E-state index contributed by atoms with van der Waals surface area (Å²) in [7, 11) is 0. The molecule has 0 fully saturated rings. The number of amides is 1. The number of nitrogens with zero attached hydrogens (tertiary/aromatic N) is 3. The number of allylic oxidation sites excluding steroid dienone is 1. The molecule has 30 heavy (non-hydrogen) atoms. The molecule has 0 saturated heterocycles. The summed E-state index contributed by atoms with van der Waals surface area (Å²) in [5, 5.41) is 12.9. The number of benzene rings is 2. The van der Waals surface area contributed by atoms with E-state index in [-0.39, 0.29) is 11.7 Å². The van der Waals surface area contributed by atoms with E-state index in [4.69, 9.17) is 27.9 Å². The first-order valence-corrected chi connectivity index (χ1v) is 10.9. The smallest absolute Gasteiger partial charge is 0.234 e. The van der Waals surface area contributed by atoms with Gasteiger partial charge in [0.05, 0.1) is 17.9 Å². The zero-order valence-electron chi connectivity index (χ0n) is 16.3. The zero-order chi connectivity index (χ0) is 21.5. The Labute approximate surface area is 189 Å². The van der Waals surface area contributed by atoms with Crippen LogP contribution in [0.15, 0.2) is 60.3 Å². The van der Waals surface area contributed by atoms with Crippen LogP contribution in [0.25, 0.3) is 11.4 Å². The minimum Gasteiger partial charge on any atom is -0.493 e. The summed E-state index contributed by atoms with van der Waals surface area (Å²) in [6.45, 7) is 6.79. The molecule has 0 saturated carbocycles. The molecule has 3 aromatic rings. The number of aromatic nitrogens is 3. The van der Waals surface area contributed by atoms with Gasteiger partial charge in [0.15, 0.2) is 11.0 Å². The van der Waals surface area contributed by atoms with Crippen LogP contribution < -0.4 is 10.1 Å². The molecule has 0 aliphatic rings. The molecule has 0 spiro atoms. The lowest BCUT2D eigenvalue weighted by Gasteiger charge is -2.11. The number of ether oxygens (including phenoxy) is 1. The molecular weight excluding hydrogens is 443 g/mol. The molecule has 0 radical (unpaired) electrons. The van der Waals surface area contributed by atoms with E-state index in [1.165, 1.54) is 11.8 Å². The number of carbonyl (C=O) groups is 1. The van der Waals surface area contributed by atoms with Gasteiger partial charge >= 0.3 is 0 Å². The van der Waals surface area contributed by atoms with Crippen molar-refractivity contribution in [3.05, 3.63) is 65.2 Å². The molecular formula is C21H20Cl2N4O2S. The third-order valence-electron chi connectivity index (χ3n) is 3.93. The maximum absolute atomic E-state index is 12.4. The van der Waals surface area contributed by atoms with Gasteiger partial charge in [-0.1, -0.05) is 53.2 Å². The highest BCUT2D eigenvalue weighted by molar-refractivity contribution is 7.99. The fourth-order valence-electron chi connectivity index (χ4n) is 2.77. The molecule has 1 N–H and O–H groups in total. The molecule has 0 unspecified atom stereocenters. The molecule has 0 aliphatic carbocycles. The maximum atomic E-state index is 12.4. The minimum absolute atomic E-state index is 0.145. The highest BCUT2D eigenvalue weighted by atomic mass is 35.5. The Morgan fingerprint density at radius 1 is 1.23 bits per heavy atom. The van der Waals surface area contributed by atoms with Gasteiger partial charge in [0.1, 0.15) is 5.75 Å². The molecule has 0 atom stereocenters. The van der Waals surface area contributed by atoms with Gasteiger partial charge in [0.2, 0.25) is 5.91 Å². The van der Waals surface area contributed by atoms with E-state index < -0.39 is 0 Å². The van der Waals surface area contributed by atoms with E-state index in [1.54, 1.807) is 24.3 Å². The number of anilines is 1. The van der Waals surface area contributed by atoms with Crippen LogP contribution in [0.4, 0.5) is 5.69 Å². The van der Waals surface area contributed by atoms with Crippen LogP contribution in [-0.2, 0) is 11.3 Å². The fraction of sp³-hybridized carbons (Fsp3) is 0.190. The van der Waals surface area contributed by atoms with Gasteiger partial charge in [-0.2, -0.15) is 0 Å². The van der Waals surface area contributed by atoms with Gasteiger partial charge in [-0.25, -0.2) is 0 Å². The summed E-state index contributed by atoms with van der Waals surface area (Å²) in [4.78, 5) is 12.4. The highest BCUT2D eigenvalue weighted by Gasteiger charge is 2.18. The third kappa shape index (κ3) is 5.56. The normalized spacial score (nSPS) is 10.6. The third-order valence-corrected chi connectivity index (χ3v) is 5.34. The number of hydrogen-bond donors (Lipinski definition) is 1. The average Bonchev–Trinajstić information content (AvgIpc) is 3.09. The minimum atomic E-state index is -0.206. The Hall–Kier alpha value is -2.48. The number of hydrogen-bond acceptors (Lipinski definition) is 5. The van der Waals surface area contributed by atoms with Crippen LogP contribution in [0.3, 0.4) is 0 Å². The van der Waals surface area contributed by atoms with Crippen molar-refractivity contribution in [1.29, 1.82) is 0 Å². The Bertz CT molecular complexity index is 1030. The monoisotopic (exact) mass is 462 g/mol. The van der Waals surface area contributed by atoms with Crippen molar-refractivity contribution < 1.29 is 9.53 Å². The molecule has 156 valence electrons. The molecule has 0 bridgehead atoms. The second-order valence-corrected chi connectivity index (χ2v) is 7.94. The average molecular weight is 463 g/mol. The lowest BCUT2D eigenvalue weighted by Crippen LogP contribution is -2.14. The standard InChI is InChI=1S/C21H20Cl2N4O2S/c1-3-9-27-20(17-7-5-6-8-18(17)29-4-2)25-26-21(27)30-13-19(28)24-16-11-14(22)10-15(23)12-16/h3,5-8,10-12H,1,4,9,13H2,2H3,(H,24,28). The predicted molar refractivity (Wildman–Crippen MR) is 123 cm³/mol. The van der Waals surface area contributed by atoms with Crippen LogP contribution in [0, 0.1) is 0 Å². The van der Waals surface area contributed by atoms with Crippen molar-refractivity contribution in [1.82, 2.24) is 14.8 Å². The van der Waals surface area contributed by atoms with E-state index in [9.17, 15) is 4.79 Å².